The molecule has 104 valence electrons. The van der Waals surface area contributed by atoms with Gasteiger partial charge in [0.25, 0.3) is 0 Å². The molecule has 19 heavy (non-hydrogen) atoms. The topological polar surface area (TPSA) is 58.4 Å². The summed E-state index contributed by atoms with van der Waals surface area (Å²) < 4.78 is 0. The summed E-state index contributed by atoms with van der Waals surface area (Å²) in [4.78, 5) is 14.0. The number of nitrogens with two attached hydrogens (primary N) is 1. The Labute approximate surface area is 120 Å². The van der Waals surface area contributed by atoms with Gasteiger partial charge in [0, 0.05) is 24.3 Å². The standard InChI is InChI=1S/C14H21N3OS/c1-4-10(2)16-13(18)9-17(3)12-7-5-6-11(8-12)14(15)19/h5-8,10H,4,9H2,1-3H3,(H2,15,19)(H,16,18). The monoisotopic (exact) mass is 279 g/mol. The number of thiocarbonyl (C=S) groups is 1. The van der Waals surface area contributed by atoms with Crippen molar-refractivity contribution in [2.24, 2.45) is 5.73 Å². The van der Waals surface area contributed by atoms with Crippen molar-refractivity contribution in [1.29, 1.82) is 0 Å². The third-order valence-corrected chi connectivity index (χ3v) is 3.21. The quantitative estimate of drug-likeness (QED) is 0.778. The predicted molar refractivity (Wildman–Crippen MR) is 83.5 cm³/mol. The van der Waals surface area contributed by atoms with Gasteiger partial charge >= 0.3 is 0 Å². The van der Waals surface area contributed by atoms with Gasteiger partial charge < -0.3 is 16.0 Å². The van der Waals surface area contributed by atoms with Crippen LogP contribution in [0, 0.1) is 0 Å². The van der Waals surface area contributed by atoms with Gasteiger partial charge in [-0.25, -0.2) is 0 Å². The average molecular weight is 279 g/mol. The molecule has 5 heteroatoms. The molecule has 1 rings (SSSR count). The SMILES string of the molecule is CCC(C)NC(=O)CN(C)c1cccc(C(N)=S)c1. The van der Waals surface area contributed by atoms with Gasteiger partial charge in [0.2, 0.25) is 5.91 Å². The molecular formula is C14H21N3OS. The summed E-state index contributed by atoms with van der Waals surface area (Å²) in [6.07, 6.45) is 0.923. The molecule has 1 aromatic carbocycles. The molecule has 0 aromatic heterocycles. The molecule has 0 fully saturated rings. The maximum Gasteiger partial charge on any atom is 0.239 e. The highest BCUT2D eigenvalue weighted by Crippen LogP contribution is 2.14. The predicted octanol–water partition coefficient (Wildman–Crippen LogP) is 1.67. The van der Waals surface area contributed by atoms with Crippen molar-refractivity contribution in [2.75, 3.05) is 18.5 Å². The van der Waals surface area contributed by atoms with Crippen LogP contribution in [0.4, 0.5) is 5.69 Å². The van der Waals surface area contributed by atoms with Crippen molar-refractivity contribution in [1.82, 2.24) is 5.32 Å². The zero-order valence-electron chi connectivity index (χ0n) is 11.6. The highest BCUT2D eigenvalue weighted by molar-refractivity contribution is 7.80. The van der Waals surface area contributed by atoms with E-state index in [0.717, 1.165) is 17.7 Å². The number of amides is 1. The van der Waals surface area contributed by atoms with Gasteiger partial charge in [-0.2, -0.15) is 0 Å². The second-order valence-electron chi connectivity index (χ2n) is 4.65. The molecule has 0 bridgehead atoms. The fraction of sp³-hybridized carbons (Fsp3) is 0.429. The van der Waals surface area contributed by atoms with E-state index in [0.29, 0.717) is 11.5 Å². The van der Waals surface area contributed by atoms with E-state index in [2.05, 4.69) is 5.32 Å². The van der Waals surface area contributed by atoms with Crippen LogP contribution in [0.3, 0.4) is 0 Å². The van der Waals surface area contributed by atoms with Gasteiger partial charge in [0.1, 0.15) is 4.99 Å². The first-order chi connectivity index (χ1) is 8.93. The second kappa shape index (κ2) is 7.09. The molecule has 1 unspecified atom stereocenters. The van der Waals surface area contributed by atoms with Crippen LogP contribution in [0.5, 0.6) is 0 Å². The van der Waals surface area contributed by atoms with Gasteiger partial charge in [-0.05, 0) is 25.5 Å². The molecule has 0 heterocycles. The van der Waals surface area contributed by atoms with E-state index in [-0.39, 0.29) is 11.9 Å². The van der Waals surface area contributed by atoms with Crippen LogP contribution in [0.15, 0.2) is 24.3 Å². The van der Waals surface area contributed by atoms with E-state index >= 15 is 0 Å². The Morgan fingerprint density at radius 2 is 2.21 bits per heavy atom. The number of anilines is 1. The molecule has 0 spiro atoms. The normalized spacial score (nSPS) is 11.7. The Morgan fingerprint density at radius 1 is 1.53 bits per heavy atom. The first kappa shape index (κ1) is 15.4. The van der Waals surface area contributed by atoms with Gasteiger partial charge in [0.15, 0.2) is 0 Å². The fourth-order valence-corrected chi connectivity index (χ4v) is 1.75. The molecule has 0 aliphatic carbocycles. The number of benzene rings is 1. The van der Waals surface area contributed by atoms with Crippen LogP contribution >= 0.6 is 12.2 Å². The molecule has 4 nitrogen and oxygen atoms in total. The van der Waals surface area contributed by atoms with E-state index in [1.807, 2.05) is 50.1 Å². The van der Waals surface area contributed by atoms with Crippen LogP contribution in [0.2, 0.25) is 0 Å². The first-order valence-electron chi connectivity index (χ1n) is 6.34. The lowest BCUT2D eigenvalue weighted by Gasteiger charge is -2.20. The summed E-state index contributed by atoms with van der Waals surface area (Å²) in [6, 6.07) is 7.76. The minimum atomic E-state index is 0.0116. The minimum absolute atomic E-state index is 0.0116. The Kier molecular flexibility index (Phi) is 5.76. The summed E-state index contributed by atoms with van der Waals surface area (Å²) >= 11 is 4.95. The summed E-state index contributed by atoms with van der Waals surface area (Å²) in [5, 5.41) is 2.94. The zero-order valence-corrected chi connectivity index (χ0v) is 12.5. The Bertz CT molecular complexity index is 462. The number of carbonyl (C=O) groups is 1. The van der Waals surface area contributed by atoms with Gasteiger partial charge in [-0.3, -0.25) is 4.79 Å². The number of rotatable bonds is 6. The van der Waals surface area contributed by atoms with E-state index in [9.17, 15) is 4.79 Å². The van der Waals surface area contributed by atoms with Crippen molar-refractivity contribution in [2.45, 2.75) is 26.3 Å². The lowest BCUT2D eigenvalue weighted by molar-refractivity contribution is -0.120. The molecule has 0 radical (unpaired) electrons. The summed E-state index contributed by atoms with van der Waals surface area (Å²) in [7, 11) is 1.87. The van der Waals surface area contributed by atoms with E-state index in [1.165, 1.54) is 0 Å². The van der Waals surface area contributed by atoms with Crippen LogP contribution < -0.4 is 16.0 Å². The van der Waals surface area contributed by atoms with Gasteiger partial charge in [-0.1, -0.05) is 31.3 Å². The van der Waals surface area contributed by atoms with Gasteiger partial charge in [0.05, 0.1) is 6.54 Å². The highest BCUT2D eigenvalue weighted by atomic mass is 32.1. The van der Waals surface area contributed by atoms with Crippen LogP contribution in [0.1, 0.15) is 25.8 Å². The molecule has 0 aliphatic rings. The van der Waals surface area contributed by atoms with Crippen LogP contribution in [0.25, 0.3) is 0 Å². The van der Waals surface area contributed by atoms with Crippen LogP contribution in [-0.4, -0.2) is 30.5 Å². The largest absolute Gasteiger partial charge is 0.389 e. The van der Waals surface area contributed by atoms with Crippen molar-refractivity contribution < 1.29 is 4.79 Å². The fourth-order valence-electron chi connectivity index (χ4n) is 1.63. The number of nitrogens with zero attached hydrogens (tertiary/aromatic N) is 1. The van der Waals surface area contributed by atoms with E-state index in [4.69, 9.17) is 18.0 Å². The molecule has 1 atom stereocenters. The number of hydrogen-bond donors (Lipinski definition) is 2. The third-order valence-electron chi connectivity index (χ3n) is 2.97. The molecule has 0 aliphatic heterocycles. The van der Waals surface area contributed by atoms with Crippen LogP contribution in [-0.2, 0) is 4.79 Å². The second-order valence-corrected chi connectivity index (χ2v) is 5.09. The van der Waals surface area contributed by atoms with E-state index in [1.54, 1.807) is 0 Å². The Morgan fingerprint density at radius 3 is 2.79 bits per heavy atom. The molecular weight excluding hydrogens is 258 g/mol. The Balaban J connectivity index is 2.67. The number of nitrogens with one attached hydrogen (secondary N) is 1. The maximum absolute atomic E-state index is 11.8. The lowest BCUT2D eigenvalue weighted by Crippen LogP contribution is -2.39. The Hall–Kier alpha value is -1.62. The van der Waals surface area contributed by atoms with Crippen molar-refractivity contribution in [3.05, 3.63) is 29.8 Å². The molecule has 1 aromatic rings. The van der Waals surface area contributed by atoms with Crippen molar-refractivity contribution in [3.63, 3.8) is 0 Å². The average Bonchev–Trinajstić information content (AvgIpc) is 2.38. The molecule has 1 amide bonds. The highest BCUT2D eigenvalue weighted by Gasteiger charge is 2.10. The summed E-state index contributed by atoms with van der Waals surface area (Å²) in [6.45, 7) is 4.34. The van der Waals surface area contributed by atoms with E-state index < -0.39 is 0 Å². The van der Waals surface area contributed by atoms with Crippen molar-refractivity contribution in [3.8, 4) is 0 Å². The lowest BCUT2D eigenvalue weighted by atomic mass is 10.2. The molecule has 0 saturated heterocycles. The van der Waals surface area contributed by atoms with Gasteiger partial charge in [-0.15, -0.1) is 0 Å². The first-order valence-corrected chi connectivity index (χ1v) is 6.75. The molecule has 0 saturated carbocycles. The number of hydrogen-bond acceptors (Lipinski definition) is 3. The smallest absolute Gasteiger partial charge is 0.239 e. The van der Waals surface area contributed by atoms with Crippen molar-refractivity contribution >= 4 is 28.8 Å². The zero-order chi connectivity index (χ0) is 14.4. The molecule has 3 N–H and O–H groups in total. The number of likely N-dealkylation sites (N-methyl/N-ethyl adjacent to an activating group) is 1. The maximum atomic E-state index is 11.8. The summed E-state index contributed by atoms with van der Waals surface area (Å²) in [5.74, 6) is 0.0116. The minimum Gasteiger partial charge on any atom is -0.389 e. The third kappa shape index (κ3) is 4.87. The summed E-state index contributed by atoms with van der Waals surface area (Å²) in [5.41, 5.74) is 7.33. The number of carbonyl (C=O) groups excluding carboxylic acids is 1.